The van der Waals surface area contributed by atoms with Crippen LogP contribution in [0, 0.1) is 35.5 Å². The molecule has 194 valence electrons. The number of aryl methyl sites for hydroxylation is 1. The number of ketones is 2. The van der Waals surface area contributed by atoms with Gasteiger partial charge >= 0.3 is 5.97 Å². The maximum absolute atomic E-state index is 13.4. The summed E-state index contributed by atoms with van der Waals surface area (Å²) in [5.74, 6) is -0.521. The molecule has 6 nitrogen and oxygen atoms in total. The number of allylic oxidation sites excluding steroid dienone is 1. The van der Waals surface area contributed by atoms with Crippen molar-refractivity contribution < 1.29 is 29.3 Å². The maximum atomic E-state index is 13.4. The number of fused-ring (bicyclic) bond motifs is 5. The average Bonchev–Trinajstić information content (AvgIpc) is 3.12. The molecule has 3 fully saturated rings. The standard InChI is InChI=1S/C30H38O6/c1-18-4-6-19(7-5-18)14-26(35)36-30(25(34)17-31)13-11-23-22-9-8-20-15-21(32)10-12-28(20,2)27(22)24(33)16-29(23,30)3/h4-7,15,22-24,27,31,33H,8-14,16-17H2,1-3H3/t22-,23-,24-,27+,28-,29-,30-/m0/s1. The zero-order valence-corrected chi connectivity index (χ0v) is 21.6. The number of esters is 1. The number of Topliss-reactive ketones (excluding diaryl/α,β-unsaturated/α-hetero) is 1. The summed E-state index contributed by atoms with van der Waals surface area (Å²) >= 11 is 0. The third kappa shape index (κ3) is 3.71. The van der Waals surface area contributed by atoms with Crippen LogP contribution in [0.4, 0.5) is 0 Å². The lowest BCUT2D eigenvalue weighted by molar-refractivity contribution is -0.201. The lowest BCUT2D eigenvalue weighted by atomic mass is 9.45. The molecule has 1 aromatic carbocycles. The van der Waals surface area contributed by atoms with E-state index in [4.69, 9.17) is 4.74 Å². The van der Waals surface area contributed by atoms with E-state index in [9.17, 15) is 24.6 Å². The molecule has 0 heterocycles. The fourth-order valence-electron chi connectivity index (χ4n) is 8.59. The van der Waals surface area contributed by atoms with Crippen LogP contribution in [0.15, 0.2) is 35.9 Å². The number of aliphatic hydroxyl groups is 2. The molecule has 7 atom stereocenters. The van der Waals surface area contributed by atoms with Crippen LogP contribution in [0.3, 0.4) is 0 Å². The molecule has 0 radical (unpaired) electrons. The van der Waals surface area contributed by atoms with Crippen LogP contribution in [0.5, 0.6) is 0 Å². The number of benzene rings is 1. The van der Waals surface area contributed by atoms with Gasteiger partial charge in [0, 0.05) is 11.8 Å². The molecule has 5 rings (SSSR count). The second kappa shape index (κ2) is 8.91. The average molecular weight is 495 g/mol. The molecular weight excluding hydrogens is 456 g/mol. The van der Waals surface area contributed by atoms with Crippen LogP contribution >= 0.6 is 0 Å². The summed E-state index contributed by atoms with van der Waals surface area (Å²) in [6.45, 7) is 5.45. The SMILES string of the molecule is Cc1ccc(CC(=O)O[C@]2(C(=O)CO)CC[C@H]3[C@@H]4CCC5=CC(=O)CC[C@]5(C)[C@H]4[C@@H](O)C[C@@]32C)cc1. The lowest BCUT2D eigenvalue weighted by Crippen LogP contribution is -2.63. The van der Waals surface area contributed by atoms with Crippen molar-refractivity contribution in [3.8, 4) is 0 Å². The van der Waals surface area contributed by atoms with E-state index in [0.717, 1.165) is 36.0 Å². The molecule has 3 saturated carbocycles. The maximum Gasteiger partial charge on any atom is 0.311 e. The van der Waals surface area contributed by atoms with E-state index in [-0.39, 0.29) is 35.4 Å². The van der Waals surface area contributed by atoms with Gasteiger partial charge in [-0.2, -0.15) is 0 Å². The highest BCUT2D eigenvalue weighted by Gasteiger charge is 2.70. The van der Waals surface area contributed by atoms with Crippen LogP contribution in [0.2, 0.25) is 0 Å². The second-order valence-corrected chi connectivity index (χ2v) is 12.2. The Bertz CT molecular complexity index is 1100. The van der Waals surface area contributed by atoms with Crippen LogP contribution in [-0.2, 0) is 25.5 Å². The first-order chi connectivity index (χ1) is 17.0. The predicted molar refractivity (Wildman–Crippen MR) is 134 cm³/mol. The van der Waals surface area contributed by atoms with Gasteiger partial charge in [-0.3, -0.25) is 14.4 Å². The summed E-state index contributed by atoms with van der Waals surface area (Å²) in [5, 5.41) is 21.6. The molecule has 2 N–H and O–H groups in total. The normalized spacial score (nSPS) is 39.5. The number of hydrogen-bond donors (Lipinski definition) is 2. The van der Waals surface area contributed by atoms with Gasteiger partial charge in [0.1, 0.15) is 6.61 Å². The van der Waals surface area contributed by atoms with Crippen LogP contribution in [-0.4, -0.2) is 46.1 Å². The first-order valence-electron chi connectivity index (χ1n) is 13.4. The molecule has 0 bridgehead atoms. The number of hydrogen-bond acceptors (Lipinski definition) is 6. The molecule has 0 aromatic heterocycles. The minimum absolute atomic E-state index is 0.00645. The monoisotopic (exact) mass is 494 g/mol. The van der Waals surface area contributed by atoms with E-state index in [1.165, 1.54) is 0 Å². The fourth-order valence-corrected chi connectivity index (χ4v) is 8.59. The molecule has 6 heteroatoms. The van der Waals surface area contributed by atoms with Gasteiger partial charge in [0.05, 0.1) is 12.5 Å². The van der Waals surface area contributed by atoms with Gasteiger partial charge in [-0.05, 0) is 80.3 Å². The summed E-state index contributed by atoms with van der Waals surface area (Å²) in [5.41, 5.74) is 0.622. The quantitative estimate of drug-likeness (QED) is 0.603. The fraction of sp³-hybridized carbons (Fsp3) is 0.633. The molecule has 1 aromatic rings. The second-order valence-electron chi connectivity index (χ2n) is 12.2. The first-order valence-corrected chi connectivity index (χ1v) is 13.4. The van der Waals surface area contributed by atoms with Crippen molar-refractivity contribution in [2.24, 2.45) is 28.6 Å². The van der Waals surface area contributed by atoms with E-state index in [1.807, 2.05) is 38.1 Å². The van der Waals surface area contributed by atoms with Crippen molar-refractivity contribution in [1.82, 2.24) is 0 Å². The largest absolute Gasteiger partial charge is 0.450 e. The summed E-state index contributed by atoms with van der Waals surface area (Å²) in [4.78, 5) is 38.7. The molecule has 0 aliphatic heterocycles. The molecule has 4 aliphatic rings. The van der Waals surface area contributed by atoms with Crippen molar-refractivity contribution >= 4 is 17.5 Å². The number of ether oxygens (including phenoxy) is 1. The van der Waals surface area contributed by atoms with Crippen molar-refractivity contribution in [2.45, 2.75) is 83.8 Å². The molecule has 36 heavy (non-hydrogen) atoms. The van der Waals surface area contributed by atoms with Gasteiger partial charge in [-0.15, -0.1) is 0 Å². The predicted octanol–water partition coefficient (Wildman–Crippen LogP) is 3.88. The van der Waals surface area contributed by atoms with Gasteiger partial charge in [-0.1, -0.05) is 49.2 Å². The summed E-state index contributed by atoms with van der Waals surface area (Å²) < 4.78 is 6.12. The van der Waals surface area contributed by atoms with E-state index >= 15 is 0 Å². The van der Waals surface area contributed by atoms with Crippen molar-refractivity contribution in [3.63, 3.8) is 0 Å². The molecule has 0 amide bonds. The van der Waals surface area contributed by atoms with Gasteiger partial charge in [-0.25, -0.2) is 0 Å². The minimum Gasteiger partial charge on any atom is -0.450 e. The summed E-state index contributed by atoms with van der Waals surface area (Å²) in [6, 6.07) is 7.64. The van der Waals surface area contributed by atoms with Crippen LogP contribution < -0.4 is 0 Å². The molecular formula is C30H38O6. The van der Waals surface area contributed by atoms with Gasteiger partial charge in [0.25, 0.3) is 0 Å². The van der Waals surface area contributed by atoms with E-state index < -0.39 is 35.5 Å². The lowest BCUT2D eigenvalue weighted by Gasteiger charge is -2.60. The smallest absolute Gasteiger partial charge is 0.311 e. The van der Waals surface area contributed by atoms with E-state index in [2.05, 4.69) is 6.92 Å². The topological polar surface area (TPSA) is 101 Å². The van der Waals surface area contributed by atoms with E-state index in [0.29, 0.717) is 25.7 Å². The Hall–Kier alpha value is -2.31. The number of carbonyl (C=O) groups is 3. The third-order valence-electron chi connectivity index (χ3n) is 10.4. The van der Waals surface area contributed by atoms with Crippen LogP contribution in [0.25, 0.3) is 0 Å². The number of carbonyl (C=O) groups excluding carboxylic acids is 3. The number of rotatable bonds is 5. The molecule has 4 aliphatic carbocycles. The van der Waals surface area contributed by atoms with E-state index in [1.54, 1.807) is 6.08 Å². The third-order valence-corrected chi connectivity index (χ3v) is 10.4. The highest BCUT2D eigenvalue weighted by molar-refractivity contribution is 5.93. The Morgan fingerprint density at radius 2 is 1.81 bits per heavy atom. The highest BCUT2D eigenvalue weighted by Crippen LogP contribution is 2.68. The summed E-state index contributed by atoms with van der Waals surface area (Å²) in [6.07, 6.45) is 5.49. The van der Waals surface area contributed by atoms with Crippen LogP contribution in [0.1, 0.15) is 69.9 Å². The van der Waals surface area contributed by atoms with Gasteiger partial charge in [0.2, 0.25) is 5.78 Å². The molecule has 0 saturated heterocycles. The molecule has 0 spiro atoms. The van der Waals surface area contributed by atoms with Gasteiger partial charge < -0.3 is 14.9 Å². The van der Waals surface area contributed by atoms with Crippen molar-refractivity contribution in [3.05, 3.63) is 47.0 Å². The Balaban J connectivity index is 1.46. The Morgan fingerprint density at radius 1 is 1.08 bits per heavy atom. The summed E-state index contributed by atoms with van der Waals surface area (Å²) in [7, 11) is 0. The Labute approximate surface area is 213 Å². The Morgan fingerprint density at radius 3 is 2.50 bits per heavy atom. The number of aliphatic hydroxyl groups excluding tert-OH is 2. The molecule has 0 unspecified atom stereocenters. The van der Waals surface area contributed by atoms with Gasteiger partial charge in [0.15, 0.2) is 11.4 Å². The Kier molecular flexibility index (Phi) is 6.27. The first kappa shape index (κ1) is 25.3. The zero-order chi connectivity index (χ0) is 25.9. The van der Waals surface area contributed by atoms with Crippen molar-refractivity contribution in [1.29, 1.82) is 0 Å². The van der Waals surface area contributed by atoms with Crippen molar-refractivity contribution in [2.75, 3.05) is 6.61 Å². The zero-order valence-electron chi connectivity index (χ0n) is 21.6. The highest BCUT2D eigenvalue weighted by atomic mass is 16.6. The minimum atomic E-state index is -1.44.